The molecule has 6 heteroatoms. The Bertz CT molecular complexity index is 695. The summed E-state index contributed by atoms with van der Waals surface area (Å²) < 4.78 is 11.2. The standard InChI is InChI=1S/C23H36N2O4/c1-4-5-13-24-21(26)16-25-14-12-23(27)11-7-6-8-19(23)22(25)18-15-17(28-2)9-10-20(18)29-3/h9-10,15,19,22,27H,4-8,11-14,16H2,1-3H3,(H,24,26)/t19-,22+,23-/m1/s1. The molecular weight excluding hydrogens is 368 g/mol. The predicted octanol–water partition coefficient (Wildman–Crippen LogP) is 3.29. The van der Waals surface area contributed by atoms with E-state index in [9.17, 15) is 9.90 Å². The second-order valence-electron chi connectivity index (χ2n) is 8.43. The zero-order valence-corrected chi connectivity index (χ0v) is 18.1. The van der Waals surface area contributed by atoms with Gasteiger partial charge in [0.25, 0.3) is 0 Å². The number of carbonyl (C=O) groups excluding carboxylic acids is 1. The Morgan fingerprint density at radius 3 is 2.83 bits per heavy atom. The molecular formula is C23H36N2O4. The van der Waals surface area contributed by atoms with Crippen LogP contribution in [0.1, 0.15) is 63.5 Å². The summed E-state index contributed by atoms with van der Waals surface area (Å²) in [6.07, 6.45) is 6.71. The number of rotatable bonds is 8. The number of carbonyl (C=O) groups is 1. The minimum Gasteiger partial charge on any atom is -0.497 e. The fourth-order valence-corrected chi connectivity index (χ4v) is 5.05. The van der Waals surface area contributed by atoms with E-state index in [1.165, 1.54) is 0 Å². The molecule has 0 aromatic heterocycles. The van der Waals surface area contributed by atoms with E-state index in [2.05, 4.69) is 17.1 Å². The second-order valence-corrected chi connectivity index (χ2v) is 8.43. The number of unbranched alkanes of at least 4 members (excludes halogenated alkanes) is 1. The minimum absolute atomic E-state index is 0.0477. The molecule has 1 heterocycles. The number of hydrogen-bond donors (Lipinski definition) is 2. The first-order valence-electron chi connectivity index (χ1n) is 11.0. The van der Waals surface area contributed by atoms with Crippen molar-refractivity contribution in [1.29, 1.82) is 0 Å². The van der Waals surface area contributed by atoms with Gasteiger partial charge in [-0.15, -0.1) is 0 Å². The van der Waals surface area contributed by atoms with Gasteiger partial charge in [-0.2, -0.15) is 0 Å². The van der Waals surface area contributed by atoms with Crippen LogP contribution in [0.25, 0.3) is 0 Å². The van der Waals surface area contributed by atoms with Crippen LogP contribution in [0.2, 0.25) is 0 Å². The second kappa shape index (κ2) is 9.81. The summed E-state index contributed by atoms with van der Waals surface area (Å²) in [5.41, 5.74) is 0.324. The molecule has 1 aromatic carbocycles. The molecule has 3 rings (SSSR count). The summed E-state index contributed by atoms with van der Waals surface area (Å²) in [7, 11) is 3.32. The topological polar surface area (TPSA) is 71.0 Å². The first-order valence-corrected chi connectivity index (χ1v) is 11.0. The number of ether oxygens (including phenoxy) is 2. The number of nitrogens with zero attached hydrogens (tertiary/aromatic N) is 1. The Morgan fingerprint density at radius 1 is 1.28 bits per heavy atom. The van der Waals surface area contributed by atoms with Crippen LogP contribution in [0.4, 0.5) is 0 Å². The van der Waals surface area contributed by atoms with Gasteiger partial charge in [-0.25, -0.2) is 0 Å². The average molecular weight is 405 g/mol. The van der Waals surface area contributed by atoms with Crippen molar-refractivity contribution in [2.75, 3.05) is 33.9 Å². The Kier molecular flexibility index (Phi) is 7.41. The largest absolute Gasteiger partial charge is 0.497 e. The molecule has 2 fully saturated rings. The fraction of sp³-hybridized carbons (Fsp3) is 0.696. The molecule has 1 aromatic rings. The van der Waals surface area contributed by atoms with Gasteiger partial charge in [0.2, 0.25) is 5.91 Å². The maximum Gasteiger partial charge on any atom is 0.234 e. The van der Waals surface area contributed by atoms with Crippen molar-refractivity contribution in [3.63, 3.8) is 0 Å². The van der Waals surface area contributed by atoms with Crippen LogP contribution in [-0.2, 0) is 4.79 Å². The average Bonchev–Trinajstić information content (AvgIpc) is 2.73. The van der Waals surface area contributed by atoms with E-state index in [4.69, 9.17) is 9.47 Å². The first kappa shape index (κ1) is 21.9. The molecule has 3 atom stereocenters. The molecule has 0 bridgehead atoms. The molecule has 6 nitrogen and oxygen atoms in total. The number of piperidine rings is 1. The summed E-state index contributed by atoms with van der Waals surface area (Å²) >= 11 is 0. The van der Waals surface area contributed by atoms with Gasteiger partial charge in [0.05, 0.1) is 26.4 Å². The Balaban J connectivity index is 1.92. The summed E-state index contributed by atoms with van der Waals surface area (Å²) in [6, 6.07) is 5.74. The lowest BCUT2D eigenvalue weighted by Gasteiger charge is -2.52. The van der Waals surface area contributed by atoms with Gasteiger partial charge in [-0.3, -0.25) is 9.69 Å². The smallest absolute Gasteiger partial charge is 0.234 e. The molecule has 162 valence electrons. The van der Waals surface area contributed by atoms with E-state index in [1.54, 1.807) is 14.2 Å². The van der Waals surface area contributed by atoms with Crippen LogP contribution in [-0.4, -0.2) is 55.4 Å². The maximum atomic E-state index is 12.6. The van der Waals surface area contributed by atoms with Gasteiger partial charge in [0.15, 0.2) is 0 Å². The van der Waals surface area contributed by atoms with Crippen LogP contribution < -0.4 is 14.8 Å². The zero-order chi connectivity index (χ0) is 20.9. The van der Waals surface area contributed by atoms with Crippen molar-refractivity contribution in [1.82, 2.24) is 10.2 Å². The van der Waals surface area contributed by atoms with E-state index in [1.807, 2.05) is 18.2 Å². The number of nitrogens with one attached hydrogen (secondary N) is 1. The lowest BCUT2D eigenvalue weighted by molar-refractivity contribution is -0.138. The van der Waals surface area contributed by atoms with Gasteiger partial charge in [-0.1, -0.05) is 26.2 Å². The van der Waals surface area contributed by atoms with Crippen LogP contribution in [0.15, 0.2) is 18.2 Å². The molecule has 1 amide bonds. The van der Waals surface area contributed by atoms with E-state index in [0.717, 1.165) is 55.6 Å². The Morgan fingerprint density at radius 2 is 2.10 bits per heavy atom. The number of fused-ring (bicyclic) bond motifs is 1. The third-order valence-corrected chi connectivity index (χ3v) is 6.63. The monoisotopic (exact) mass is 404 g/mol. The van der Waals surface area contributed by atoms with Crippen molar-refractivity contribution in [3.05, 3.63) is 23.8 Å². The highest BCUT2D eigenvalue weighted by atomic mass is 16.5. The number of benzene rings is 1. The van der Waals surface area contributed by atoms with Gasteiger partial charge in [-0.05, 0) is 43.9 Å². The molecule has 29 heavy (non-hydrogen) atoms. The molecule has 1 aliphatic carbocycles. The quantitative estimate of drug-likeness (QED) is 0.651. The predicted molar refractivity (Wildman–Crippen MR) is 113 cm³/mol. The fourth-order valence-electron chi connectivity index (χ4n) is 5.05. The zero-order valence-electron chi connectivity index (χ0n) is 18.1. The minimum atomic E-state index is -0.674. The van der Waals surface area contributed by atoms with Crippen molar-refractivity contribution < 1.29 is 19.4 Å². The first-order chi connectivity index (χ1) is 14.0. The van der Waals surface area contributed by atoms with Crippen molar-refractivity contribution in [2.45, 2.75) is 63.5 Å². The third-order valence-electron chi connectivity index (χ3n) is 6.63. The molecule has 0 radical (unpaired) electrons. The lowest BCUT2D eigenvalue weighted by Crippen LogP contribution is -2.56. The molecule has 1 saturated heterocycles. The highest BCUT2D eigenvalue weighted by Crippen LogP contribution is 2.51. The summed E-state index contributed by atoms with van der Waals surface area (Å²) in [5.74, 6) is 1.67. The molecule has 2 N–H and O–H groups in total. The Hall–Kier alpha value is -1.79. The van der Waals surface area contributed by atoms with Crippen LogP contribution in [0.3, 0.4) is 0 Å². The summed E-state index contributed by atoms with van der Waals surface area (Å²) in [6.45, 7) is 3.86. The number of amides is 1. The molecule has 1 aliphatic heterocycles. The molecule has 0 spiro atoms. The van der Waals surface area contributed by atoms with E-state index in [-0.39, 0.29) is 17.9 Å². The van der Waals surface area contributed by atoms with E-state index < -0.39 is 5.60 Å². The van der Waals surface area contributed by atoms with E-state index in [0.29, 0.717) is 26.1 Å². The number of hydrogen-bond acceptors (Lipinski definition) is 5. The number of aliphatic hydroxyl groups is 1. The maximum absolute atomic E-state index is 12.6. The van der Waals surface area contributed by atoms with Gasteiger partial charge < -0.3 is 19.9 Å². The summed E-state index contributed by atoms with van der Waals surface area (Å²) in [4.78, 5) is 14.8. The highest BCUT2D eigenvalue weighted by molar-refractivity contribution is 5.78. The SMILES string of the molecule is CCCCNC(=O)CN1CC[C@]2(O)CCCC[C@@H]2[C@@H]1c1cc(OC)ccc1OC. The van der Waals surface area contributed by atoms with Gasteiger partial charge in [0.1, 0.15) is 11.5 Å². The Labute approximate surface area is 174 Å². The van der Waals surface area contributed by atoms with Gasteiger partial charge in [0, 0.05) is 30.6 Å². The van der Waals surface area contributed by atoms with Crippen LogP contribution in [0.5, 0.6) is 11.5 Å². The van der Waals surface area contributed by atoms with Crippen LogP contribution in [0, 0.1) is 5.92 Å². The number of methoxy groups -OCH3 is 2. The van der Waals surface area contributed by atoms with Crippen molar-refractivity contribution in [3.8, 4) is 11.5 Å². The molecule has 1 saturated carbocycles. The lowest BCUT2D eigenvalue weighted by atomic mass is 9.66. The third kappa shape index (κ3) is 4.86. The summed E-state index contributed by atoms with van der Waals surface area (Å²) in [5, 5.41) is 14.5. The number of likely N-dealkylation sites (tertiary alicyclic amines) is 1. The van der Waals surface area contributed by atoms with Crippen molar-refractivity contribution in [2.24, 2.45) is 5.92 Å². The van der Waals surface area contributed by atoms with Crippen molar-refractivity contribution >= 4 is 5.91 Å². The van der Waals surface area contributed by atoms with E-state index >= 15 is 0 Å². The molecule has 2 aliphatic rings. The van der Waals surface area contributed by atoms with Gasteiger partial charge >= 0.3 is 0 Å². The highest BCUT2D eigenvalue weighted by Gasteiger charge is 2.49. The normalized spacial score (nSPS) is 27.2. The van der Waals surface area contributed by atoms with Crippen LogP contribution >= 0.6 is 0 Å². The molecule has 0 unspecified atom stereocenters.